The van der Waals surface area contributed by atoms with Gasteiger partial charge in [0.2, 0.25) is 5.78 Å². The Morgan fingerprint density at radius 1 is 1.09 bits per heavy atom. The summed E-state index contributed by atoms with van der Waals surface area (Å²) in [6.07, 6.45) is 5.41. The predicted octanol–water partition coefficient (Wildman–Crippen LogP) is 0.334. The fourth-order valence-electron chi connectivity index (χ4n) is 4.20. The molecule has 3 aromatic rings. The molecule has 1 unspecified atom stereocenters. The van der Waals surface area contributed by atoms with Crippen LogP contribution in [0.1, 0.15) is 29.3 Å². The van der Waals surface area contributed by atoms with Crippen molar-refractivity contribution in [2.24, 2.45) is 0 Å². The van der Waals surface area contributed by atoms with Crippen molar-refractivity contribution in [1.29, 1.82) is 0 Å². The fourth-order valence-corrected chi connectivity index (χ4v) is 4.20. The minimum absolute atomic E-state index is 0.0408. The lowest BCUT2D eigenvalue weighted by Crippen LogP contribution is -3.05. The molecule has 0 aliphatic carbocycles. The standard InChI is InChI=1S/C25H27N5O3/c1-17-20(16-27-30(17)19-10-5-4-6-11-19)23(31)21-22(18-9-7-12-26-15-18)29(25(33)24(21)32)14-8-13-28(2)3/h4-7,9-12,15-16,22,31H,8,13-14H2,1-3H3/b23-21+. The Bertz CT molecular complexity index is 1190. The van der Waals surface area contributed by atoms with Crippen LogP contribution in [0.2, 0.25) is 0 Å². The van der Waals surface area contributed by atoms with Gasteiger partial charge in [0.15, 0.2) is 0 Å². The number of amides is 1. The number of nitrogens with zero attached hydrogens (tertiary/aromatic N) is 4. The summed E-state index contributed by atoms with van der Waals surface area (Å²) in [4.78, 5) is 33.0. The molecule has 0 radical (unpaired) electrons. The smallest absolute Gasteiger partial charge is 0.295 e. The van der Waals surface area contributed by atoms with Crippen molar-refractivity contribution in [3.05, 3.63) is 83.4 Å². The first-order chi connectivity index (χ1) is 15.9. The molecule has 3 heterocycles. The molecule has 1 N–H and O–H groups in total. The number of hydrogen-bond donors (Lipinski definition) is 1. The zero-order chi connectivity index (χ0) is 23.5. The summed E-state index contributed by atoms with van der Waals surface area (Å²) in [6.45, 7) is 3.00. The Balaban J connectivity index is 1.79. The fraction of sp³-hybridized carbons (Fsp3) is 0.280. The molecule has 2 aromatic heterocycles. The SMILES string of the molecule is Cc1c(/C([O-])=C2\C(=O)C(=O)N(CCC[NH+](C)C)C2c2cccnc2)cnn1-c1ccccc1. The summed E-state index contributed by atoms with van der Waals surface area (Å²) >= 11 is 0. The van der Waals surface area contributed by atoms with Gasteiger partial charge >= 0.3 is 0 Å². The van der Waals surface area contributed by atoms with Gasteiger partial charge in [-0.05, 0) is 30.7 Å². The number of Topliss-reactive ketones (excluding diaryl/α,β-unsaturated/α-hetero) is 1. The van der Waals surface area contributed by atoms with Crippen LogP contribution in [0.25, 0.3) is 11.4 Å². The number of para-hydroxylation sites is 1. The van der Waals surface area contributed by atoms with E-state index in [-0.39, 0.29) is 5.57 Å². The molecular weight excluding hydrogens is 418 g/mol. The summed E-state index contributed by atoms with van der Waals surface area (Å²) in [7, 11) is 4.06. The van der Waals surface area contributed by atoms with Crippen LogP contribution in [0, 0.1) is 6.92 Å². The van der Waals surface area contributed by atoms with Crippen LogP contribution in [0.4, 0.5) is 0 Å². The van der Waals surface area contributed by atoms with Crippen molar-refractivity contribution in [1.82, 2.24) is 19.7 Å². The van der Waals surface area contributed by atoms with Gasteiger partial charge in [0.05, 0.1) is 38.6 Å². The van der Waals surface area contributed by atoms with Crippen LogP contribution in [-0.4, -0.2) is 58.5 Å². The summed E-state index contributed by atoms with van der Waals surface area (Å²) in [5, 5.41) is 18.0. The Hall–Kier alpha value is -3.78. The molecule has 1 aromatic carbocycles. The summed E-state index contributed by atoms with van der Waals surface area (Å²) in [5.74, 6) is -1.87. The van der Waals surface area contributed by atoms with E-state index >= 15 is 0 Å². The third-order valence-corrected chi connectivity index (χ3v) is 5.86. The lowest BCUT2D eigenvalue weighted by molar-refractivity contribution is -0.858. The lowest BCUT2D eigenvalue weighted by Gasteiger charge is -2.27. The average molecular weight is 446 g/mol. The van der Waals surface area contributed by atoms with Gasteiger partial charge < -0.3 is 14.9 Å². The molecule has 1 saturated heterocycles. The van der Waals surface area contributed by atoms with Gasteiger partial charge in [-0.1, -0.05) is 30.0 Å². The van der Waals surface area contributed by atoms with Gasteiger partial charge in [-0.2, -0.15) is 5.10 Å². The Morgan fingerprint density at radius 2 is 1.85 bits per heavy atom. The third-order valence-electron chi connectivity index (χ3n) is 5.86. The summed E-state index contributed by atoms with van der Waals surface area (Å²) < 4.78 is 1.66. The zero-order valence-electron chi connectivity index (χ0n) is 19.0. The van der Waals surface area contributed by atoms with E-state index in [0.717, 1.165) is 12.2 Å². The maximum atomic E-state index is 13.7. The lowest BCUT2D eigenvalue weighted by atomic mass is 9.96. The molecule has 1 fully saturated rings. The average Bonchev–Trinajstić information content (AvgIpc) is 3.32. The first-order valence-electron chi connectivity index (χ1n) is 11.0. The van der Waals surface area contributed by atoms with Gasteiger partial charge in [0.25, 0.3) is 5.91 Å². The minimum atomic E-state index is -0.761. The van der Waals surface area contributed by atoms with Gasteiger partial charge in [-0.15, -0.1) is 0 Å². The molecule has 1 aliphatic rings. The molecule has 0 saturated carbocycles. The molecule has 1 aliphatic heterocycles. The van der Waals surface area contributed by atoms with Gasteiger partial charge in [0, 0.05) is 42.2 Å². The monoisotopic (exact) mass is 445 g/mol. The number of pyridine rings is 1. The molecule has 0 spiro atoms. The van der Waals surface area contributed by atoms with E-state index in [1.807, 2.05) is 44.4 Å². The van der Waals surface area contributed by atoms with E-state index < -0.39 is 23.5 Å². The second kappa shape index (κ2) is 9.38. The van der Waals surface area contributed by atoms with Crippen molar-refractivity contribution < 1.29 is 19.6 Å². The Kier molecular flexibility index (Phi) is 6.37. The number of benzene rings is 1. The van der Waals surface area contributed by atoms with Crippen molar-refractivity contribution in [3.63, 3.8) is 0 Å². The second-order valence-electron chi connectivity index (χ2n) is 8.46. The van der Waals surface area contributed by atoms with Crippen molar-refractivity contribution in [2.75, 3.05) is 27.2 Å². The highest BCUT2D eigenvalue weighted by Gasteiger charge is 2.44. The molecule has 33 heavy (non-hydrogen) atoms. The second-order valence-corrected chi connectivity index (χ2v) is 8.46. The predicted molar refractivity (Wildman–Crippen MR) is 121 cm³/mol. The minimum Gasteiger partial charge on any atom is -0.872 e. The molecule has 170 valence electrons. The third kappa shape index (κ3) is 4.29. The molecule has 8 heteroatoms. The number of ketones is 1. The van der Waals surface area contributed by atoms with Crippen molar-refractivity contribution in [3.8, 4) is 5.69 Å². The Morgan fingerprint density at radius 3 is 2.52 bits per heavy atom. The number of carbonyl (C=O) groups is 2. The highest BCUT2D eigenvalue weighted by molar-refractivity contribution is 6.46. The van der Waals surface area contributed by atoms with Crippen molar-refractivity contribution >= 4 is 17.4 Å². The number of nitrogens with one attached hydrogen (secondary N) is 1. The van der Waals surface area contributed by atoms with E-state index in [4.69, 9.17) is 0 Å². The van der Waals surface area contributed by atoms with Crippen molar-refractivity contribution in [2.45, 2.75) is 19.4 Å². The van der Waals surface area contributed by atoms with E-state index in [9.17, 15) is 14.7 Å². The maximum absolute atomic E-state index is 13.7. The highest BCUT2D eigenvalue weighted by Crippen LogP contribution is 2.38. The van der Waals surface area contributed by atoms with Gasteiger partial charge in [-0.3, -0.25) is 14.6 Å². The first-order valence-corrected chi connectivity index (χ1v) is 11.0. The highest BCUT2D eigenvalue weighted by atomic mass is 16.3. The summed E-state index contributed by atoms with van der Waals surface area (Å²) in [6, 6.07) is 12.2. The number of carbonyl (C=O) groups excluding carboxylic acids is 2. The van der Waals surface area contributed by atoms with Crippen LogP contribution in [-0.2, 0) is 9.59 Å². The number of quaternary nitrogens is 1. The van der Waals surface area contributed by atoms with Crippen LogP contribution >= 0.6 is 0 Å². The molecule has 4 rings (SSSR count). The number of aromatic nitrogens is 3. The van der Waals surface area contributed by atoms with E-state index in [1.54, 1.807) is 36.1 Å². The van der Waals surface area contributed by atoms with Gasteiger partial charge in [0.1, 0.15) is 0 Å². The zero-order valence-corrected chi connectivity index (χ0v) is 19.0. The normalized spacial score (nSPS) is 17.8. The maximum Gasteiger partial charge on any atom is 0.295 e. The van der Waals surface area contributed by atoms with E-state index in [2.05, 4.69) is 10.1 Å². The van der Waals surface area contributed by atoms with Crippen LogP contribution in [0.5, 0.6) is 0 Å². The topological polar surface area (TPSA) is 95.6 Å². The number of hydrogen-bond acceptors (Lipinski definition) is 5. The van der Waals surface area contributed by atoms with E-state index in [1.165, 1.54) is 16.0 Å². The Labute approximate surface area is 192 Å². The summed E-state index contributed by atoms with van der Waals surface area (Å²) in [5.41, 5.74) is 2.33. The van der Waals surface area contributed by atoms with Gasteiger partial charge in [-0.25, -0.2) is 4.68 Å². The van der Waals surface area contributed by atoms with Crippen LogP contribution < -0.4 is 10.0 Å². The quantitative estimate of drug-likeness (QED) is 0.321. The molecule has 8 nitrogen and oxygen atoms in total. The molecule has 1 atom stereocenters. The van der Waals surface area contributed by atoms with Crippen LogP contribution in [0.15, 0.2) is 66.6 Å². The molecule has 0 bridgehead atoms. The molecular formula is C25H27N5O3. The number of rotatable bonds is 7. The largest absolute Gasteiger partial charge is 0.872 e. The molecule has 1 amide bonds. The van der Waals surface area contributed by atoms with E-state index in [0.29, 0.717) is 29.8 Å². The first kappa shape index (κ1) is 22.4. The number of likely N-dealkylation sites (tertiary alicyclic amines) is 1. The van der Waals surface area contributed by atoms with Crippen LogP contribution in [0.3, 0.4) is 0 Å².